The van der Waals surface area contributed by atoms with Gasteiger partial charge in [-0.15, -0.1) is 0 Å². The molecule has 0 aromatic heterocycles. The Kier molecular flexibility index (Phi) is 1.29. The third-order valence-electron chi connectivity index (χ3n) is 2.83. The van der Waals surface area contributed by atoms with E-state index < -0.39 is 0 Å². The summed E-state index contributed by atoms with van der Waals surface area (Å²) in [6.07, 6.45) is 3.32. The van der Waals surface area contributed by atoms with Crippen molar-refractivity contribution in [2.45, 2.75) is 37.9 Å². The molecule has 0 aromatic carbocycles. The molecule has 1 aliphatic heterocycles. The molecular weight excluding hydrogens is 128 g/mol. The molecule has 0 amide bonds. The van der Waals surface area contributed by atoms with E-state index in [0.29, 0.717) is 5.92 Å². The van der Waals surface area contributed by atoms with Crippen LogP contribution in [0.5, 0.6) is 0 Å². The molecule has 0 spiro atoms. The zero-order valence-electron chi connectivity index (χ0n) is 6.34. The number of aliphatic hydroxyl groups is 1. The lowest BCUT2D eigenvalue weighted by molar-refractivity contribution is 0.0282. The van der Waals surface area contributed by atoms with Crippen LogP contribution in [0.25, 0.3) is 0 Å². The summed E-state index contributed by atoms with van der Waals surface area (Å²) in [5, 5.41) is 9.72. The van der Waals surface area contributed by atoms with E-state index in [2.05, 4.69) is 6.92 Å². The lowest BCUT2D eigenvalue weighted by Crippen LogP contribution is -2.27. The van der Waals surface area contributed by atoms with Crippen LogP contribution >= 0.6 is 0 Å². The van der Waals surface area contributed by atoms with Gasteiger partial charge in [0, 0.05) is 12.5 Å². The van der Waals surface area contributed by atoms with Gasteiger partial charge in [-0.3, -0.25) is 0 Å². The van der Waals surface area contributed by atoms with Gasteiger partial charge in [0.2, 0.25) is 0 Å². The standard InChI is InChI=1S/C8H14O2/c1-6-7(2-5-10-6)8(9)3-4-8/h6-7,9H,2-5H2,1H3. The van der Waals surface area contributed by atoms with E-state index in [4.69, 9.17) is 4.74 Å². The summed E-state index contributed by atoms with van der Waals surface area (Å²) in [5.74, 6) is 0.424. The fourth-order valence-electron chi connectivity index (χ4n) is 1.94. The molecule has 10 heavy (non-hydrogen) atoms. The summed E-state index contributed by atoms with van der Waals surface area (Å²) in [5.41, 5.74) is -0.323. The van der Waals surface area contributed by atoms with Crippen LogP contribution in [0.4, 0.5) is 0 Å². The van der Waals surface area contributed by atoms with Crippen molar-refractivity contribution >= 4 is 0 Å². The highest BCUT2D eigenvalue weighted by molar-refractivity contribution is 5.02. The molecule has 0 aromatic rings. The maximum atomic E-state index is 9.72. The molecule has 1 saturated carbocycles. The second kappa shape index (κ2) is 1.95. The zero-order chi connectivity index (χ0) is 7.19. The molecule has 1 heterocycles. The minimum absolute atomic E-state index is 0.285. The van der Waals surface area contributed by atoms with Crippen molar-refractivity contribution in [1.29, 1.82) is 0 Å². The third-order valence-corrected chi connectivity index (χ3v) is 2.83. The van der Waals surface area contributed by atoms with Crippen molar-refractivity contribution < 1.29 is 9.84 Å². The average Bonchev–Trinajstić information content (AvgIpc) is 2.44. The summed E-state index contributed by atoms with van der Waals surface area (Å²) in [6.45, 7) is 2.90. The maximum absolute atomic E-state index is 9.72. The third kappa shape index (κ3) is 0.867. The molecule has 0 radical (unpaired) electrons. The molecular formula is C8H14O2. The number of hydrogen-bond acceptors (Lipinski definition) is 2. The Morgan fingerprint density at radius 1 is 1.50 bits per heavy atom. The number of rotatable bonds is 1. The number of hydrogen-bond donors (Lipinski definition) is 1. The largest absolute Gasteiger partial charge is 0.389 e. The Balaban J connectivity index is 2.03. The highest BCUT2D eigenvalue weighted by Crippen LogP contribution is 2.47. The normalized spacial score (nSPS) is 43.8. The Hall–Kier alpha value is -0.0800. The van der Waals surface area contributed by atoms with Crippen LogP contribution in [-0.2, 0) is 4.74 Å². The van der Waals surface area contributed by atoms with Crippen LogP contribution < -0.4 is 0 Å². The molecule has 2 atom stereocenters. The van der Waals surface area contributed by atoms with E-state index in [-0.39, 0.29) is 11.7 Å². The molecule has 2 nitrogen and oxygen atoms in total. The van der Waals surface area contributed by atoms with Crippen molar-refractivity contribution in [3.8, 4) is 0 Å². The second-order valence-electron chi connectivity index (χ2n) is 3.57. The monoisotopic (exact) mass is 142 g/mol. The average molecular weight is 142 g/mol. The van der Waals surface area contributed by atoms with Crippen molar-refractivity contribution in [2.24, 2.45) is 5.92 Å². The highest BCUT2D eigenvalue weighted by atomic mass is 16.5. The van der Waals surface area contributed by atoms with Gasteiger partial charge in [-0.1, -0.05) is 0 Å². The van der Waals surface area contributed by atoms with Crippen molar-refractivity contribution in [2.75, 3.05) is 6.61 Å². The summed E-state index contributed by atoms with van der Waals surface area (Å²) in [4.78, 5) is 0. The van der Waals surface area contributed by atoms with Crippen molar-refractivity contribution in [3.05, 3.63) is 0 Å². The predicted octanol–water partition coefficient (Wildman–Crippen LogP) is 0.936. The zero-order valence-corrected chi connectivity index (χ0v) is 6.34. The van der Waals surface area contributed by atoms with Gasteiger partial charge in [-0.05, 0) is 26.2 Å². The van der Waals surface area contributed by atoms with Crippen LogP contribution in [0.15, 0.2) is 0 Å². The second-order valence-corrected chi connectivity index (χ2v) is 3.57. The maximum Gasteiger partial charge on any atom is 0.0703 e. The van der Waals surface area contributed by atoms with Gasteiger partial charge in [-0.25, -0.2) is 0 Å². The van der Waals surface area contributed by atoms with E-state index in [1.807, 2.05) is 0 Å². The topological polar surface area (TPSA) is 29.5 Å². The first-order valence-corrected chi connectivity index (χ1v) is 4.06. The number of ether oxygens (including phenoxy) is 1. The summed E-state index contributed by atoms with van der Waals surface area (Å²) in [6, 6.07) is 0. The smallest absolute Gasteiger partial charge is 0.0703 e. The van der Waals surface area contributed by atoms with E-state index in [9.17, 15) is 5.11 Å². The summed E-state index contributed by atoms with van der Waals surface area (Å²) in [7, 11) is 0. The Bertz CT molecular complexity index is 140. The van der Waals surface area contributed by atoms with Gasteiger partial charge < -0.3 is 9.84 Å². The van der Waals surface area contributed by atoms with Gasteiger partial charge in [-0.2, -0.15) is 0 Å². The van der Waals surface area contributed by atoms with Crippen molar-refractivity contribution in [1.82, 2.24) is 0 Å². The summed E-state index contributed by atoms with van der Waals surface area (Å²) >= 11 is 0. The molecule has 0 bridgehead atoms. The van der Waals surface area contributed by atoms with Crippen LogP contribution in [0.1, 0.15) is 26.2 Å². The fraction of sp³-hybridized carbons (Fsp3) is 1.00. The molecule has 2 heteroatoms. The van der Waals surface area contributed by atoms with E-state index >= 15 is 0 Å². The van der Waals surface area contributed by atoms with Gasteiger partial charge in [0.1, 0.15) is 0 Å². The molecule has 2 unspecified atom stereocenters. The highest BCUT2D eigenvalue weighted by Gasteiger charge is 2.51. The minimum Gasteiger partial charge on any atom is -0.389 e. The minimum atomic E-state index is -0.323. The Labute approximate surface area is 61.2 Å². The SMILES string of the molecule is CC1OCCC1C1(O)CC1. The quantitative estimate of drug-likeness (QED) is 0.590. The lowest BCUT2D eigenvalue weighted by atomic mass is 9.94. The Morgan fingerprint density at radius 2 is 2.20 bits per heavy atom. The molecule has 1 saturated heterocycles. The van der Waals surface area contributed by atoms with Gasteiger partial charge in [0.15, 0.2) is 0 Å². The van der Waals surface area contributed by atoms with E-state index in [1.165, 1.54) is 0 Å². The van der Waals surface area contributed by atoms with Crippen LogP contribution in [0.2, 0.25) is 0 Å². The lowest BCUT2D eigenvalue weighted by Gasteiger charge is -2.19. The fourth-order valence-corrected chi connectivity index (χ4v) is 1.94. The molecule has 58 valence electrons. The summed E-state index contributed by atoms with van der Waals surface area (Å²) < 4.78 is 5.37. The first-order chi connectivity index (χ1) is 4.72. The van der Waals surface area contributed by atoms with Crippen LogP contribution in [-0.4, -0.2) is 23.4 Å². The van der Waals surface area contributed by atoms with Gasteiger partial charge >= 0.3 is 0 Å². The van der Waals surface area contributed by atoms with Crippen LogP contribution in [0, 0.1) is 5.92 Å². The van der Waals surface area contributed by atoms with Gasteiger partial charge in [0.25, 0.3) is 0 Å². The van der Waals surface area contributed by atoms with Gasteiger partial charge in [0.05, 0.1) is 11.7 Å². The van der Waals surface area contributed by atoms with E-state index in [1.54, 1.807) is 0 Å². The molecule has 2 aliphatic rings. The molecule has 1 N–H and O–H groups in total. The predicted molar refractivity (Wildman–Crippen MR) is 37.7 cm³/mol. The molecule has 1 aliphatic carbocycles. The Morgan fingerprint density at radius 3 is 2.60 bits per heavy atom. The van der Waals surface area contributed by atoms with Crippen LogP contribution in [0.3, 0.4) is 0 Å². The molecule has 2 rings (SSSR count). The molecule has 2 fully saturated rings. The van der Waals surface area contributed by atoms with Crippen molar-refractivity contribution in [3.63, 3.8) is 0 Å². The first-order valence-electron chi connectivity index (χ1n) is 4.06. The van der Waals surface area contributed by atoms with E-state index in [0.717, 1.165) is 25.9 Å². The first kappa shape index (κ1) is 6.62.